The first-order valence-electron chi connectivity index (χ1n) is 8.10. The van der Waals surface area contributed by atoms with Crippen LogP contribution in [0.1, 0.15) is 30.8 Å². The van der Waals surface area contributed by atoms with Crippen LogP contribution in [0.2, 0.25) is 0 Å². The van der Waals surface area contributed by atoms with Gasteiger partial charge in [0.1, 0.15) is 17.8 Å². The number of rotatable bonds is 7. The van der Waals surface area contributed by atoms with Crippen LogP contribution in [0.5, 0.6) is 0 Å². The fourth-order valence-corrected chi connectivity index (χ4v) is 2.11. The molecule has 0 aliphatic rings. The summed E-state index contributed by atoms with van der Waals surface area (Å²) >= 11 is 0. The minimum absolute atomic E-state index is 0.248. The summed E-state index contributed by atoms with van der Waals surface area (Å²) in [4.78, 5) is 22.5. The van der Waals surface area contributed by atoms with E-state index in [4.69, 9.17) is 0 Å². The summed E-state index contributed by atoms with van der Waals surface area (Å²) in [5, 5.41) is 6.07. The lowest BCUT2D eigenvalue weighted by molar-refractivity contribution is 0.102. The summed E-state index contributed by atoms with van der Waals surface area (Å²) in [7, 11) is 3.95. The van der Waals surface area contributed by atoms with E-state index in [0.717, 1.165) is 24.3 Å². The summed E-state index contributed by atoms with van der Waals surface area (Å²) < 4.78 is 0. The molecule has 1 heterocycles. The van der Waals surface area contributed by atoms with E-state index < -0.39 is 0 Å². The van der Waals surface area contributed by atoms with Gasteiger partial charge in [0.25, 0.3) is 5.91 Å². The molecule has 128 valence electrons. The Morgan fingerprint density at radius 2 is 1.88 bits per heavy atom. The van der Waals surface area contributed by atoms with Crippen molar-refractivity contribution < 1.29 is 4.79 Å². The third-order valence-corrected chi connectivity index (χ3v) is 3.57. The largest absolute Gasteiger partial charge is 0.378 e. The quantitative estimate of drug-likeness (QED) is 0.817. The van der Waals surface area contributed by atoms with Crippen molar-refractivity contribution in [3.8, 4) is 0 Å². The predicted octanol–water partition coefficient (Wildman–Crippen LogP) is 3.25. The lowest BCUT2D eigenvalue weighted by Crippen LogP contribution is -2.15. The monoisotopic (exact) mass is 327 g/mol. The third-order valence-electron chi connectivity index (χ3n) is 3.57. The lowest BCUT2D eigenvalue weighted by Gasteiger charge is -2.13. The zero-order valence-corrected chi connectivity index (χ0v) is 14.7. The highest BCUT2D eigenvalue weighted by Gasteiger charge is 2.09. The Hall–Kier alpha value is -2.63. The molecular weight excluding hydrogens is 302 g/mol. The summed E-state index contributed by atoms with van der Waals surface area (Å²) in [5.74, 6) is 1.04. The van der Waals surface area contributed by atoms with Gasteiger partial charge >= 0.3 is 0 Å². The number of hydrogen-bond acceptors (Lipinski definition) is 5. The van der Waals surface area contributed by atoms with Crippen molar-refractivity contribution in [3.05, 3.63) is 42.4 Å². The molecule has 0 saturated carbocycles. The summed E-state index contributed by atoms with van der Waals surface area (Å²) in [6.07, 6.45) is 2.45. The molecule has 2 rings (SSSR count). The highest BCUT2D eigenvalue weighted by Crippen LogP contribution is 2.16. The molecule has 24 heavy (non-hydrogen) atoms. The molecule has 2 aromatic rings. The van der Waals surface area contributed by atoms with Crippen LogP contribution in [-0.4, -0.2) is 36.5 Å². The van der Waals surface area contributed by atoms with Gasteiger partial charge in [0.05, 0.1) is 0 Å². The van der Waals surface area contributed by atoms with E-state index in [1.165, 1.54) is 6.33 Å². The van der Waals surface area contributed by atoms with Crippen LogP contribution in [-0.2, 0) is 0 Å². The SMILES string of the molecule is CC(C)CCNc1cc(C(=O)Nc2ccc(N(C)C)cc2)ncn1. The second-order valence-corrected chi connectivity index (χ2v) is 6.29. The number of nitrogens with zero attached hydrogens (tertiary/aromatic N) is 3. The number of anilines is 3. The van der Waals surface area contributed by atoms with Crippen molar-refractivity contribution in [2.24, 2.45) is 5.92 Å². The zero-order valence-electron chi connectivity index (χ0n) is 14.7. The maximum atomic E-state index is 12.3. The Kier molecular flexibility index (Phi) is 6.12. The molecule has 0 spiro atoms. The molecule has 0 saturated heterocycles. The molecule has 1 aromatic carbocycles. The Morgan fingerprint density at radius 3 is 2.50 bits per heavy atom. The molecule has 0 atom stereocenters. The molecule has 0 unspecified atom stereocenters. The normalized spacial score (nSPS) is 10.5. The third kappa shape index (κ3) is 5.22. The molecular formula is C18H25N5O. The van der Waals surface area contributed by atoms with Crippen LogP contribution < -0.4 is 15.5 Å². The zero-order chi connectivity index (χ0) is 17.5. The highest BCUT2D eigenvalue weighted by molar-refractivity contribution is 6.03. The van der Waals surface area contributed by atoms with Crippen LogP contribution in [0.3, 0.4) is 0 Å². The van der Waals surface area contributed by atoms with Crippen molar-refractivity contribution in [2.75, 3.05) is 36.2 Å². The van der Waals surface area contributed by atoms with Gasteiger partial charge in [-0.15, -0.1) is 0 Å². The van der Waals surface area contributed by atoms with Crippen molar-refractivity contribution in [3.63, 3.8) is 0 Å². The molecule has 0 aliphatic carbocycles. The van der Waals surface area contributed by atoms with E-state index in [0.29, 0.717) is 17.4 Å². The Labute approximate surface area is 143 Å². The number of carbonyl (C=O) groups is 1. The molecule has 1 aromatic heterocycles. The van der Waals surface area contributed by atoms with Crippen molar-refractivity contribution in [1.29, 1.82) is 0 Å². The standard InChI is InChI=1S/C18H25N5O/c1-13(2)9-10-19-17-11-16(20-12-21-17)18(24)22-14-5-7-15(8-6-14)23(3)4/h5-8,11-13H,9-10H2,1-4H3,(H,22,24)(H,19,20,21). The number of hydrogen-bond donors (Lipinski definition) is 2. The Morgan fingerprint density at radius 1 is 1.17 bits per heavy atom. The predicted molar refractivity (Wildman–Crippen MR) is 98.7 cm³/mol. The molecule has 1 amide bonds. The van der Waals surface area contributed by atoms with Gasteiger partial charge in [-0.3, -0.25) is 4.79 Å². The molecule has 0 aliphatic heterocycles. The van der Waals surface area contributed by atoms with Crippen LogP contribution >= 0.6 is 0 Å². The maximum absolute atomic E-state index is 12.3. The first-order valence-corrected chi connectivity index (χ1v) is 8.10. The van der Waals surface area contributed by atoms with Crippen LogP contribution in [0.4, 0.5) is 17.2 Å². The van der Waals surface area contributed by atoms with Crippen LogP contribution in [0.25, 0.3) is 0 Å². The van der Waals surface area contributed by atoms with E-state index in [-0.39, 0.29) is 5.91 Å². The summed E-state index contributed by atoms with van der Waals surface area (Å²) in [5.41, 5.74) is 2.15. The summed E-state index contributed by atoms with van der Waals surface area (Å²) in [6, 6.07) is 9.32. The van der Waals surface area contributed by atoms with Crippen molar-refractivity contribution >= 4 is 23.1 Å². The topological polar surface area (TPSA) is 70.2 Å². The maximum Gasteiger partial charge on any atom is 0.274 e. The van der Waals surface area contributed by atoms with Gasteiger partial charge in [0, 0.05) is 38.1 Å². The second kappa shape index (κ2) is 8.29. The number of carbonyl (C=O) groups excluding carboxylic acids is 1. The minimum Gasteiger partial charge on any atom is -0.378 e. The van der Waals surface area contributed by atoms with Crippen LogP contribution in [0.15, 0.2) is 36.7 Å². The molecule has 2 N–H and O–H groups in total. The minimum atomic E-state index is -0.248. The Balaban J connectivity index is 1.99. The van der Waals surface area contributed by atoms with Gasteiger partial charge in [-0.2, -0.15) is 0 Å². The van der Waals surface area contributed by atoms with E-state index in [9.17, 15) is 4.79 Å². The second-order valence-electron chi connectivity index (χ2n) is 6.29. The van der Waals surface area contributed by atoms with Gasteiger partial charge < -0.3 is 15.5 Å². The number of aromatic nitrogens is 2. The van der Waals surface area contributed by atoms with Gasteiger partial charge in [-0.05, 0) is 36.6 Å². The molecule has 6 nitrogen and oxygen atoms in total. The number of amides is 1. The van der Waals surface area contributed by atoms with Gasteiger partial charge in [0.2, 0.25) is 0 Å². The average Bonchev–Trinajstić information content (AvgIpc) is 2.55. The van der Waals surface area contributed by atoms with E-state index in [1.807, 2.05) is 43.3 Å². The molecule has 0 fully saturated rings. The van der Waals surface area contributed by atoms with Gasteiger partial charge in [0.15, 0.2) is 0 Å². The van der Waals surface area contributed by atoms with E-state index >= 15 is 0 Å². The first kappa shape index (κ1) is 17.7. The Bertz CT molecular complexity index is 667. The van der Waals surface area contributed by atoms with Gasteiger partial charge in [-0.25, -0.2) is 9.97 Å². The van der Waals surface area contributed by atoms with Crippen molar-refractivity contribution in [2.45, 2.75) is 20.3 Å². The van der Waals surface area contributed by atoms with E-state index in [2.05, 4.69) is 34.4 Å². The van der Waals surface area contributed by atoms with Gasteiger partial charge in [-0.1, -0.05) is 13.8 Å². The molecule has 6 heteroatoms. The summed E-state index contributed by atoms with van der Waals surface area (Å²) in [6.45, 7) is 5.16. The first-order chi connectivity index (χ1) is 11.5. The highest BCUT2D eigenvalue weighted by atomic mass is 16.1. The number of nitrogens with one attached hydrogen (secondary N) is 2. The molecule has 0 bridgehead atoms. The fourth-order valence-electron chi connectivity index (χ4n) is 2.11. The van der Waals surface area contributed by atoms with Crippen LogP contribution in [0, 0.1) is 5.92 Å². The number of benzene rings is 1. The molecule has 0 radical (unpaired) electrons. The fraction of sp³-hybridized carbons (Fsp3) is 0.389. The van der Waals surface area contributed by atoms with Crippen molar-refractivity contribution in [1.82, 2.24) is 9.97 Å². The average molecular weight is 327 g/mol. The van der Waals surface area contributed by atoms with E-state index in [1.54, 1.807) is 6.07 Å². The smallest absolute Gasteiger partial charge is 0.274 e. The lowest BCUT2D eigenvalue weighted by atomic mass is 10.1.